The summed E-state index contributed by atoms with van der Waals surface area (Å²) in [6, 6.07) is 1.77. The number of phenols is 1. The molecule has 4 heteroatoms. The van der Waals surface area contributed by atoms with E-state index in [9.17, 15) is 9.90 Å². The van der Waals surface area contributed by atoms with Crippen molar-refractivity contribution in [2.75, 3.05) is 0 Å². The average molecular weight is 259 g/mol. The van der Waals surface area contributed by atoms with Crippen LogP contribution in [0.4, 0.5) is 0 Å². The van der Waals surface area contributed by atoms with E-state index >= 15 is 0 Å². The Morgan fingerprint density at radius 1 is 1.50 bits per heavy atom. The number of aromatic hydroxyl groups is 1. The highest BCUT2D eigenvalue weighted by atomic mass is 79.9. The summed E-state index contributed by atoms with van der Waals surface area (Å²) in [6.07, 6.45) is -0.155. The number of aliphatic carboxylic acids is 1. The number of carboxylic acids is 1. The van der Waals surface area contributed by atoms with Crippen LogP contribution < -0.4 is 0 Å². The monoisotopic (exact) mass is 258 g/mol. The van der Waals surface area contributed by atoms with E-state index < -0.39 is 5.97 Å². The minimum atomic E-state index is -0.944. The van der Waals surface area contributed by atoms with E-state index in [0.29, 0.717) is 10.0 Å². The third kappa shape index (κ3) is 2.07. The van der Waals surface area contributed by atoms with Gasteiger partial charge in [-0.1, -0.05) is 0 Å². The SMILES string of the molecule is Cc1cc(Br)c(O)c(CC(=O)O)c1C. The highest BCUT2D eigenvalue weighted by molar-refractivity contribution is 9.10. The van der Waals surface area contributed by atoms with Crippen molar-refractivity contribution in [3.8, 4) is 5.75 Å². The largest absolute Gasteiger partial charge is 0.506 e. The minimum absolute atomic E-state index is 0.0236. The van der Waals surface area contributed by atoms with Gasteiger partial charge in [-0.25, -0.2) is 0 Å². The summed E-state index contributed by atoms with van der Waals surface area (Å²) >= 11 is 3.18. The predicted octanol–water partition coefficient (Wildman–Crippen LogP) is 2.40. The van der Waals surface area contributed by atoms with E-state index in [1.807, 2.05) is 6.92 Å². The molecule has 0 saturated heterocycles. The van der Waals surface area contributed by atoms with Crippen LogP contribution in [0.2, 0.25) is 0 Å². The van der Waals surface area contributed by atoms with Crippen LogP contribution >= 0.6 is 15.9 Å². The number of carbonyl (C=O) groups is 1. The number of halogens is 1. The smallest absolute Gasteiger partial charge is 0.307 e. The Kier molecular flexibility index (Phi) is 3.16. The van der Waals surface area contributed by atoms with Gasteiger partial charge >= 0.3 is 5.97 Å². The summed E-state index contributed by atoms with van der Waals surface area (Å²) in [4.78, 5) is 10.6. The second kappa shape index (κ2) is 4.00. The number of hydrogen-bond acceptors (Lipinski definition) is 2. The highest BCUT2D eigenvalue weighted by Gasteiger charge is 2.14. The lowest BCUT2D eigenvalue weighted by Crippen LogP contribution is -2.03. The van der Waals surface area contributed by atoms with E-state index in [4.69, 9.17) is 5.11 Å². The molecule has 0 bridgehead atoms. The maximum absolute atomic E-state index is 10.6. The van der Waals surface area contributed by atoms with Gasteiger partial charge in [0.15, 0.2) is 0 Å². The van der Waals surface area contributed by atoms with Crippen LogP contribution in [0, 0.1) is 13.8 Å². The zero-order valence-corrected chi connectivity index (χ0v) is 9.55. The summed E-state index contributed by atoms with van der Waals surface area (Å²) < 4.78 is 0.539. The standard InChI is InChI=1S/C10H11BrO3/c1-5-3-8(11)10(14)7(6(5)2)4-9(12)13/h3,14H,4H2,1-2H3,(H,12,13). The van der Waals surface area contributed by atoms with Gasteiger partial charge in [0, 0.05) is 5.56 Å². The number of benzene rings is 1. The lowest BCUT2D eigenvalue weighted by atomic mass is 10.00. The van der Waals surface area contributed by atoms with Crippen molar-refractivity contribution in [2.24, 2.45) is 0 Å². The molecular formula is C10H11BrO3. The molecule has 0 heterocycles. The fourth-order valence-corrected chi connectivity index (χ4v) is 1.88. The van der Waals surface area contributed by atoms with Gasteiger partial charge in [0.2, 0.25) is 0 Å². The Bertz CT molecular complexity index is 359. The Hall–Kier alpha value is -1.03. The van der Waals surface area contributed by atoms with Gasteiger partial charge in [0.05, 0.1) is 10.9 Å². The normalized spacial score (nSPS) is 10.2. The molecule has 0 aliphatic carbocycles. The van der Waals surface area contributed by atoms with Gasteiger partial charge in [0.1, 0.15) is 5.75 Å². The molecular weight excluding hydrogens is 248 g/mol. The molecule has 0 amide bonds. The number of rotatable bonds is 2. The van der Waals surface area contributed by atoms with Crippen molar-refractivity contribution in [2.45, 2.75) is 20.3 Å². The summed E-state index contributed by atoms with van der Waals surface area (Å²) in [5, 5.41) is 18.3. The zero-order valence-electron chi connectivity index (χ0n) is 7.97. The van der Waals surface area contributed by atoms with E-state index in [-0.39, 0.29) is 12.2 Å². The van der Waals surface area contributed by atoms with Crippen molar-refractivity contribution < 1.29 is 15.0 Å². The summed E-state index contributed by atoms with van der Waals surface area (Å²) in [7, 11) is 0. The molecule has 0 aliphatic heterocycles. The van der Waals surface area contributed by atoms with E-state index in [2.05, 4.69) is 15.9 Å². The van der Waals surface area contributed by atoms with Crippen molar-refractivity contribution in [3.05, 3.63) is 27.2 Å². The van der Waals surface area contributed by atoms with Crippen molar-refractivity contribution in [1.29, 1.82) is 0 Å². The molecule has 1 aromatic carbocycles. The molecule has 0 radical (unpaired) electrons. The van der Waals surface area contributed by atoms with Crippen LogP contribution in [0.3, 0.4) is 0 Å². The molecule has 1 rings (SSSR count). The zero-order chi connectivity index (χ0) is 10.9. The Morgan fingerprint density at radius 3 is 2.57 bits per heavy atom. The molecule has 0 atom stereocenters. The molecule has 3 nitrogen and oxygen atoms in total. The summed E-state index contributed by atoms with van der Waals surface area (Å²) in [5.41, 5.74) is 2.27. The van der Waals surface area contributed by atoms with Crippen LogP contribution in [-0.4, -0.2) is 16.2 Å². The van der Waals surface area contributed by atoms with Crippen molar-refractivity contribution in [3.63, 3.8) is 0 Å². The molecule has 0 aromatic heterocycles. The second-order valence-corrected chi connectivity index (χ2v) is 4.05. The maximum atomic E-state index is 10.6. The lowest BCUT2D eigenvalue weighted by molar-refractivity contribution is -0.136. The molecule has 0 spiro atoms. The Labute approximate surface area is 90.5 Å². The first kappa shape index (κ1) is 11.0. The fraction of sp³-hybridized carbons (Fsp3) is 0.300. The van der Waals surface area contributed by atoms with Gasteiger partial charge in [-0.2, -0.15) is 0 Å². The third-order valence-corrected chi connectivity index (χ3v) is 2.83. The van der Waals surface area contributed by atoms with Crippen LogP contribution in [0.15, 0.2) is 10.5 Å². The quantitative estimate of drug-likeness (QED) is 0.857. The van der Waals surface area contributed by atoms with Gasteiger partial charge in [-0.05, 0) is 47.0 Å². The first-order valence-corrected chi connectivity index (χ1v) is 4.92. The Balaban J connectivity index is 3.31. The Morgan fingerprint density at radius 2 is 2.07 bits per heavy atom. The summed E-state index contributed by atoms with van der Waals surface area (Å²) in [6.45, 7) is 3.69. The first-order chi connectivity index (χ1) is 6.43. The number of carboxylic acid groups (broad SMARTS) is 1. The topological polar surface area (TPSA) is 57.5 Å². The molecule has 0 fully saturated rings. The second-order valence-electron chi connectivity index (χ2n) is 3.20. The van der Waals surface area contributed by atoms with Crippen LogP contribution in [-0.2, 0) is 11.2 Å². The average Bonchev–Trinajstić information content (AvgIpc) is 2.09. The highest BCUT2D eigenvalue weighted by Crippen LogP contribution is 2.32. The predicted molar refractivity (Wildman–Crippen MR) is 56.6 cm³/mol. The molecule has 0 aliphatic rings. The van der Waals surface area contributed by atoms with Crippen molar-refractivity contribution in [1.82, 2.24) is 0 Å². The molecule has 0 saturated carbocycles. The number of phenolic OH excluding ortho intramolecular Hbond substituents is 1. The van der Waals surface area contributed by atoms with E-state index in [1.54, 1.807) is 13.0 Å². The molecule has 2 N–H and O–H groups in total. The molecule has 76 valence electrons. The first-order valence-electron chi connectivity index (χ1n) is 4.12. The number of hydrogen-bond donors (Lipinski definition) is 2. The summed E-state index contributed by atoms with van der Waals surface area (Å²) in [5.74, 6) is -0.920. The number of aryl methyl sites for hydroxylation is 1. The maximum Gasteiger partial charge on any atom is 0.307 e. The molecule has 0 unspecified atom stereocenters. The molecule has 1 aromatic rings. The van der Waals surface area contributed by atoms with Crippen LogP contribution in [0.1, 0.15) is 16.7 Å². The van der Waals surface area contributed by atoms with Gasteiger partial charge < -0.3 is 10.2 Å². The fourth-order valence-electron chi connectivity index (χ4n) is 1.29. The van der Waals surface area contributed by atoms with Crippen LogP contribution in [0.25, 0.3) is 0 Å². The third-order valence-electron chi connectivity index (χ3n) is 2.23. The van der Waals surface area contributed by atoms with Gasteiger partial charge in [0.25, 0.3) is 0 Å². The van der Waals surface area contributed by atoms with Crippen molar-refractivity contribution >= 4 is 21.9 Å². The van der Waals surface area contributed by atoms with E-state index in [0.717, 1.165) is 11.1 Å². The lowest BCUT2D eigenvalue weighted by Gasteiger charge is -2.10. The van der Waals surface area contributed by atoms with Gasteiger partial charge in [-0.15, -0.1) is 0 Å². The van der Waals surface area contributed by atoms with Gasteiger partial charge in [-0.3, -0.25) is 4.79 Å². The van der Waals surface area contributed by atoms with Crippen LogP contribution in [0.5, 0.6) is 5.75 Å². The minimum Gasteiger partial charge on any atom is -0.506 e. The van der Waals surface area contributed by atoms with E-state index in [1.165, 1.54) is 0 Å². The molecule has 14 heavy (non-hydrogen) atoms.